The number of carbonyl (C=O) groups excluding carboxylic acids is 2. The van der Waals surface area contributed by atoms with Gasteiger partial charge in [0.15, 0.2) is 0 Å². The van der Waals surface area contributed by atoms with Crippen molar-refractivity contribution in [2.45, 2.75) is 20.4 Å². The molecule has 8 heteroatoms. The number of hydrogen-bond donors (Lipinski definition) is 0. The molecule has 1 fully saturated rings. The van der Waals surface area contributed by atoms with Crippen molar-refractivity contribution in [2.24, 2.45) is 0 Å². The number of hydrogen-bond acceptors (Lipinski definition) is 6. The van der Waals surface area contributed by atoms with Gasteiger partial charge in [-0.25, -0.2) is 9.67 Å². The highest BCUT2D eigenvalue weighted by Gasteiger charge is 2.31. The smallest absolute Gasteiger partial charge is 0.295 e. The van der Waals surface area contributed by atoms with Gasteiger partial charge in [-0.15, -0.1) is 11.3 Å². The van der Waals surface area contributed by atoms with Crippen LogP contribution in [-0.4, -0.2) is 62.4 Å². The molecule has 0 spiro atoms. The molecule has 1 aliphatic rings. The molecular formula is C27H27N5O2S. The molecule has 5 rings (SSSR count). The van der Waals surface area contributed by atoms with Gasteiger partial charge in [0.25, 0.3) is 11.7 Å². The number of amides is 1. The van der Waals surface area contributed by atoms with E-state index in [0.29, 0.717) is 43.1 Å². The third-order valence-electron chi connectivity index (χ3n) is 6.33. The maximum atomic E-state index is 13.2. The number of para-hydroxylation sites is 1. The lowest BCUT2D eigenvalue weighted by Gasteiger charge is -2.34. The molecule has 2 aromatic heterocycles. The van der Waals surface area contributed by atoms with Crippen LogP contribution in [0.15, 0.2) is 66.0 Å². The molecule has 0 aliphatic carbocycles. The first-order chi connectivity index (χ1) is 17.0. The van der Waals surface area contributed by atoms with Crippen LogP contribution in [0.2, 0.25) is 0 Å². The molecule has 1 saturated heterocycles. The van der Waals surface area contributed by atoms with Gasteiger partial charge in [-0.05, 0) is 26.0 Å². The number of thiazole rings is 1. The fourth-order valence-corrected chi connectivity index (χ4v) is 5.29. The van der Waals surface area contributed by atoms with Gasteiger partial charge < -0.3 is 4.90 Å². The second-order valence-corrected chi connectivity index (χ2v) is 9.56. The molecule has 1 aliphatic heterocycles. The Kier molecular flexibility index (Phi) is 6.57. The van der Waals surface area contributed by atoms with E-state index in [4.69, 9.17) is 4.98 Å². The molecule has 0 unspecified atom stereocenters. The lowest BCUT2D eigenvalue weighted by atomic mass is 10.1. The van der Waals surface area contributed by atoms with E-state index in [1.807, 2.05) is 55.5 Å². The van der Waals surface area contributed by atoms with Crippen LogP contribution in [0.3, 0.4) is 0 Å². The average Bonchev–Trinajstić information content (AvgIpc) is 3.48. The predicted octanol–water partition coefficient (Wildman–Crippen LogP) is 4.14. The third kappa shape index (κ3) is 4.80. The number of piperazine rings is 1. The Balaban J connectivity index is 1.21. The van der Waals surface area contributed by atoms with Crippen molar-refractivity contribution in [3.63, 3.8) is 0 Å². The normalized spacial score (nSPS) is 14.3. The fraction of sp³-hybridized carbons (Fsp3) is 0.259. The zero-order chi connectivity index (χ0) is 24.4. The molecule has 3 heterocycles. The van der Waals surface area contributed by atoms with Gasteiger partial charge in [0.05, 0.1) is 28.3 Å². The first kappa shape index (κ1) is 23.1. The summed E-state index contributed by atoms with van der Waals surface area (Å²) in [6.07, 6.45) is 0. The van der Waals surface area contributed by atoms with Crippen molar-refractivity contribution >= 4 is 23.0 Å². The molecule has 4 aromatic rings. The minimum atomic E-state index is -0.484. The van der Waals surface area contributed by atoms with Crippen molar-refractivity contribution in [1.82, 2.24) is 24.6 Å². The molecule has 0 N–H and O–H groups in total. The summed E-state index contributed by atoms with van der Waals surface area (Å²) in [6, 6.07) is 19.8. The van der Waals surface area contributed by atoms with E-state index in [2.05, 4.69) is 27.5 Å². The number of carbonyl (C=O) groups is 2. The number of benzene rings is 2. The Bertz CT molecular complexity index is 1340. The second-order valence-electron chi connectivity index (χ2n) is 8.70. The van der Waals surface area contributed by atoms with Crippen LogP contribution in [0.5, 0.6) is 0 Å². The highest BCUT2D eigenvalue weighted by Crippen LogP contribution is 2.24. The predicted molar refractivity (Wildman–Crippen MR) is 137 cm³/mol. The second kappa shape index (κ2) is 9.93. The van der Waals surface area contributed by atoms with Gasteiger partial charge in [0.2, 0.25) is 0 Å². The third-order valence-corrected chi connectivity index (χ3v) is 7.27. The molecule has 1 amide bonds. The minimum Gasteiger partial charge on any atom is -0.333 e. The van der Waals surface area contributed by atoms with Gasteiger partial charge in [0, 0.05) is 43.7 Å². The molecule has 0 atom stereocenters. The maximum absolute atomic E-state index is 13.2. The molecule has 0 radical (unpaired) electrons. The van der Waals surface area contributed by atoms with Gasteiger partial charge in [-0.1, -0.05) is 48.5 Å². The largest absolute Gasteiger partial charge is 0.333 e. The Morgan fingerprint density at radius 3 is 2.26 bits per heavy atom. The van der Waals surface area contributed by atoms with E-state index in [1.165, 1.54) is 0 Å². The summed E-state index contributed by atoms with van der Waals surface area (Å²) in [5.41, 5.74) is 4.68. The van der Waals surface area contributed by atoms with E-state index in [1.54, 1.807) is 27.8 Å². The maximum Gasteiger partial charge on any atom is 0.295 e. The number of rotatable bonds is 6. The topological polar surface area (TPSA) is 71.3 Å². The Morgan fingerprint density at radius 1 is 0.914 bits per heavy atom. The van der Waals surface area contributed by atoms with Crippen molar-refractivity contribution in [2.75, 3.05) is 26.2 Å². The molecule has 0 bridgehead atoms. The summed E-state index contributed by atoms with van der Waals surface area (Å²) >= 11 is 1.65. The van der Waals surface area contributed by atoms with Crippen molar-refractivity contribution in [3.05, 3.63) is 88.7 Å². The van der Waals surface area contributed by atoms with E-state index in [-0.39, 0.29) is 0 Å². The molecule has 35 heavy (non-hydrogen) atoms. The van der Waals surface area contributed by atoms with E-state index in [0.717, 1.165) is 28.5 Å². The number of aromatic nitrogens is 3. The van der Waals surface area contributed by atoms with Gasteiger partial charge in [0.1, 0.15) is 5.01 Å². The summed E-state index contributed by atoms with van der Waals surface area (Å²) in [5.74, 6) is -0.939. The zero-order valence-corrected chi connectivity index (χ0v) is 20.7. The zero-order valence-electron chi connectivity index (χ0n) is 19.8. The van der Waals surface area contributed by atoms with Crippen LogP contribution in [0.1, 0.15) is 27.4 Å². The molecule has 7 nitrogen and oxygen atoms in total. The van der Waals surface area contributed by atoms with Crippen LogP contribution in [0.25, 0.3) is 16.3 Å². The first-order valence-corrected chi connectivity index (χ1v) is 12.6. The average molecular weight is 486 g/mol. The summed E-state index contributed by atoms with van der Waals surface area (Å²) in [6.45, 7) is 6.81. The highest BCUT2D eigenvalue weighted by molar-refractivity contribution is 7.13. The SMILES string of the molecule is Cc1nn(-c2ccccc2)c(C)c1C(=O)C(=O)N1CCN(Cc2csc(-c3ccccc3)n2)CC1. The van der Waals surface area contributed by atoms with Crippen LogP contribution >= 0.6 is 11.3 Å². The quantitative estimate of drug-likeness (QED) is 0.303. The standard InChI is InChI=1S/C27H27N5O2S/c1-19-24(20(2)32(29-19)23-11-7-4-8-12-23)25(33)27(34)31-15-13-30(14-16-31)17-22-18-35-26(28-22)21-9-5-3-6-10-21/h3-12,18H,13-17H2,1-2H3. The van der Waals surface area contributed by atoms with Gasteiger partial charge in [-0.2, -0.15) is 5.10 Å². The monoisotopic (exact) mass is 485 g/mol. The molecular weight excluding hydrogens is 458 g/mol. The summed E-state index contributed by atoms with van der Waals surface area (Å²) in [7, 11) is 0. The van der Waals surface area contributed by atoms with Gasteiger partial charge >= 0.3 is 0 Å². The first-order valence-electron chi connectivity index (χ1n) is 11.7. The van der Waals surface area contributed by atoms with Crippen LogP contribution < -0.4 is 0 Å². The summed E-state index contributed by atoms with van der Waals surface area (Å²) < 4.78 is 1.73. The minimum absolute atomic E-state index is 0.400. The van der Waals surface area contributed by atoms with E-state index >= 15 is 0 Å². The number of ketones is 1. The van der Waals surface area contributed by atoms with E-state index in [9.17, 15) is 9.59 Å². The Morgan fingerprint density at radius 2 is 1.57 bits per heavy atom. The van der Waals surface area contributed by atoms with Crippen LogP contribution in [0, 0.1) is 13.8 Å². The van der Waals surface area contributed by atoms with Crippen molar-refractivity contribution in [1.29, 1.82) is 0 Å². The van der Waals surface area contributed by atoms with Gasteiger partial charge in [-0.3, -0.25) is 14.5 Å². The van der Waals surface area contributed by atoms with Crippen molar-refractivity contribution in [3.8, 4) is 16.3 Å². The molecule has 178 valence electrons. The van der Waals surface area contributed by atoms with Crippen molar-refractivity contribution < 1.29 is 9.59 Å². The highest BCUT2D eigenvalue weighted by atomic mass is 32.1. The summed E-state index contributed by atoms with van der Waals surface area (Å²) in [4.78, 5) is 35.0. The molecule has 0 saturated carbocycles. The Labute approximate surface area is 208 Å². The lowest BCUT2D eigenvalue weighted by molar-refractivity contribution is -0.128. The fourth-order valence-electron chi connectivity index (χ4n) is 4.47. The number of nitrogens with zero attached hydrogens (tertiary/aromatic N) is 5. The summed E-state index contributed by atoms with van der Waals surface area (Å²) in [5, 5.41) is 7.63. The Hall–Kier alpha value is -3.62. The lowest BCUT2D eigenvalue weighted by Crippen LogP contribution is -2.50. The number of aryl methyl sites for hydroxylation is 1. The number of Topliss-reactive ketones (excluding diaryl/α,β-unsaturated/α-hetero) is 1. The van der Waals surface area contributed by atoms with Crippen LogP contribution in [0.4, 0.5) is 0 Å². The van der Waals surface area contributed by atoms with Crippen LogP contribution in [-0.2, 0) is 11.3 Å². The molecule has 2 aromatic carbocycles. The van der Waals surface area contributed by atoms with E-state index < -0.39 is 11.7 Å².